The fourth-order valence-electron chi connectivity index (χ4n) is 1.59. The first kappa shape index (κ1) is 12.5. The molecule has 0 atom stereocenters. The van der Waals surface area contributed by atoms with E-state index in [1.54, 1.807) is 31.8 Å². The van der Waals surface area contributed by atoms with Gasteiger partial charge in [-0.2, -0.15) is 0 Å². The van der Waals surface area contributed by atoms with Crippen LogP contribution in [0.1, 0.15) is 0 Å². The van der Waals surface area contributed by atoms with Gasteiger partial charge in [0, 0.05) is 23.8 Å². The zero-order chi connectivity index (χ0) is 13.8. The molecule has 0 aromatic carbocycles. The summed E-state index contributed by atoms with van der Waals surface area (Å²) in [6.07, 6.45) is 5.11. The Morgan fingerprint density at radius 1 is 1.10 bits per heavy atom. The van der Waals surface area contributed by atoms with E-state index >= 15 is 0 Å². The zero-order valence-electron chi connectivity index (χ0n) is 10.6. The Balaban J connectivity index is 1.82. The van der Waals surface area contributed by atoms with Crippen LogP contribution < -0.4 is 10.1 Å². The molecular formula is C13H11N5OS. The van der Waals surface area contributed by atoms with Gasteiger partial charge in [-0.3, -0.25) is 0 Å². The molecular weight excluding hydrogens is 274 g/mol. The van der Waals surface area contributed by atoms with Crippen LogP contribution in [0.25, 0.3) is 10.7 Å². The van der Waals surface area contributed by atoms with Crippen LogP contribution >= 0.6 is 11.3 Å². The Kier molecular flexibility index (Phi) is 3.51. The number of hydrogen-bond donors (Lipinski definition) is 1. The Morgan fingerprint density at radius 2 is 2.05 bits per heavy atom. The van der Waals surface area contributed by atoms with Crippen LogP contribution in [0.15, 0.2) is 42.2 Å². The molecule has 0 saturated carbocycles. The average molecular weight is 285 g/mol. The quantitative estimate of drug-likeness (QED) is 0.794. The molecule has 0 amide bonds. The van der Waals surface area contributed by atoms with E-state index in [0.717, 1.165) is 16.4 Å². The van der Waals surface area contributed by atoms with Crippen molar-refractivity contribution in [1.29, 1.82) is 0 Å². The fourth-order valence-corrected chi connectivity index (χ4v) is 2.20. The molecule has 0 fully saturated rings. The second-order valence-corrected chi connectivity index (χ2v) is 4.71. The van der Waals surface area contributed by atoms with Crippen LogP contribution in [-0.4, -0.2) is 27.0 Å². The molecule has 0 aliphatic rings. The molecule has 0 spiro atoms. The summed E-state index contributed by atoms with van der Waals surface area (Å²) >= 11 is 1.54. The van der Waals surface area contributed by atoms with E-state index in [4.69, 9.17) is 4.74 Å². The van der Waals surface area contributed by atoms with E-state index in [-0.39, 0.29) is 0 Å². The number of nitrogens with one attached hydrogen (secondary N) is 1. The monoisotopic (exact) mass is 285 g/mol. The third-order valence-electron chi connectivity index (χ3n) is 2.51. The van der Waals surface area contributed by atoms with Gasteiger partial charge >= 0.3 is 0 Å². The number of hydrogen-bond acceptors (Lipinski definition) is 7. The maximum absolute atomic E-state index is 5.01. The van der Waals surface area contributed by atoms with Crippen LogP contribution in [0.2, 0.25) is 0 Å². The minimum atomic E-state index is 0.504. The summed E-state index contributed by atoms with van der Waals surface area (Å²) in [5, 5.41) is 5.87. The number of thiazole rings is 1. The lowest BCUT2D eigenvalue weighted by molar-refractivity contribution is 0.398. The summed E-state index contributed by atoms with van der Waals surface area (Å²) in [6.45, 7) is 0. The summed E-state index contributed by atoms with van der Waals surface area (Å²) < 4.78 is 5.01. The van der Waals surface area contributed by atoms with Gasteiger partial charge in [0.2, 0.25) is 11.8 Å². The summed E-state index contributed by atoms with van der Waals surface area (Å²) in [5.41, 5.74) is 1.58. The van der Waals surface area contributed by atoms with Crippen molar-refractivity contribution in [3.05, 3.63) is 42.2 Å². The summed E-state index contributed by atoms with van der Waals surface area (Å²) in [4.78, 5) is 16.9. The van der Waals surface area contributed by atoms with Gasteiger partial charge in [0.25, 0.3) is 0 Å². The predicted molar refractivity (Wildman–Crippen MR) is 77.2 cm³/mol. The van der Waals surface area contributed by atoms with Crippen molar-refractivity contribution in [2.24, 2.45) is 0 Å². The topological polar surface area (TPSA) is 72.8 Å². The molecule has 100 valence electrons. The van der Waals surface area contributed by atoms with Crippen LogP contribution in [0.4, 0.5) is 11.6 Å². The van der Waals surface area contributed by atoms with E-state index in [9.17, 15) is 0 Å². The number of pyridine rings is 1. The van der Waals surface area contributed by atoms with Gasteiger partial charge in [0.15, 0.2) is 0 Å². The van der Waals surface area contributed by atoms with Crippen molar-refractivity contribution < 1.29 is 4.74 Å². The Morgan fingerprint density at radius 3 is 2.75 bits per heavy atom. The minimum Gasteiger partial charge on any atom is -0.481 e. The average Bonchev–Trinajstić information content (AvgIpc) is 3.03. The highest BCUT2D eigenvalue weighted by Crippen LogP contribution is 2.21. The van der Waals surface area contributed by atoms with Crippen LogP contribution in [-0.2, 0) is 0 Å². The van der Waals surface area contributed by atoms with E-state index in [0.29, 0.717) is 11.8 Å². The van der Waals surface area contributed by atoms with Crippen molar-refractivity contribution in [2.45, 2.75) is 0 Å². The second kappa shape index (κ2) is 5.62. The first-order chi connectivity index (χ1) is 9.85. The molecule has 1 N–H and O–H groups in total. The maximum Gasteiger partial charge on any atom is 0.227 e. The molecule has 3 aromatic rings. The molecule has 0 radical (unpaired) electrons. The molecule has 0 aliphatic carbocycles. The van der Waals surface area contributed by atoms with E-state index in [2.05, 4.69) is 25.3 Å². The normalized spacial score (nSPS) is 10.2. The standard InChI is InChI=1S/C13H11N5OS/c1-19-11-3-2-9(8-16-11)17-13-15-5-4-10(18-13)12-14-6-7-20-12/h2-8H,1H3,(H,15,17,18). The molecule has 7 heteroatoms. The van der Waals surface area contributed by atoms with E-state index in [1.807, 2.05) is 17.5 Å². The second-order valence-electron chi connectivity index (χ2n) is 3.82. The number of aromatic nitrogens is 4. The number of anilines is 2. The molecule has 0 bridgehead atoms. The number of methoxy groups -OCH3 is 1. The number of nitrogens with zero attached hydrogens (tertiary/aromatic N) is 4. The van der Waals surface area contributed by atoms with E-state index < -0.39 is 0 Å². The van der Waals surface area contributed by atoms with Crippen molar-refractivity contribution >= 4 is 23.0 Å². The Bertz CT molecular complexity index is 684. The van der Waals surface area contributed by atoms with Crippen molar-refractivity contribution in [1.82, 2.24) is 19.9 Å². The molecule has 0 unspecified atom stereocenters. The first-order valence-electron chi connectivity index (χ1n) is 5.85. The summed E-state index contributed by atoms with van der Waals surface area (Å²) in [7, 11) is 1.58. The van der Waals surface area contributed by atoms with Crippen molar-refractivity contribution in [3.8, 4) is 16.6 Å². The lowest BCUT2D eigenvalue weighted by Gasteiger charge is -2.05. The first-order valence-corrected chi connectivity index (χ1v) is 6.73. The highest BCUT2D eigenvalue weighted by atomic mass is 32.1. The zero-order valence-corrected chi connectivity index (χ0v) is 11.5. The SMILES string of the molecule is COc1ccc(Nc2nccc(-c3nccs3)n2)cn1. The van der Waals surface area contributed by atoms with Crippen LogP contribution in [0.3, 0.4) is 0 Å². The number of ether oxygens (including phenoxy) is 1. The molecule has 3 heterocycles. The van der Waals surface area contributed by atoms with Gasteiger partial charge in [-0.15, -0.1) is 11.3 Å². The summed E-state index contributed by atoms with van der Waals surface area (Å²) in [6, 6.07) is 5.45. The maximum atomic E-state index is 5.01. The molecule has 20 heavy (non-hydrogen) atoms. The predicted octanol–water partition coefficient (Wildman–Crippen LogP) is 2.75. The highest BCUT2D eigenvalue weighted by molar-refractivity contribution is 7.13. The van der Waals surface area contributed by atoms with Gasteiger partial charge in [-0.25, -0.2) is 19.9 Å². The van der Waals surface area contributed by atoms with Gasteiger partial charge in [-0.1, -0.05) is 0 Å². The van der Waals surface area contributed by atoms with Crippen molar-refractivity contribution in [2.75, 3.05) is 12.4 Å². The summed E-state index contributed by atoms with van der Waals surface area (Å²) in [5.74, 6) is 1.07. The van der Waals surface area contributed by atoms with Gasteiger partial charge in [0.05, 0.1) is 19.0 Å². The lowest BCUT2D eigenvalue weighted by atomic mass is 10.4. The van der Waals surface area contributed by atoms with Crippen LogP contribution in [0, 0.1) is 0 Å². The molecule has 3 rings (SSSR count). The van der Waals surface area contributed by atoms with Gasteiger partial charge in [-0.05, 0) is 12.1 Å². The molecule has 0 aliphatic heterocycles. The van der Waals surface area contributed by atoms with E-state index in [1.165, 1.54) is 11.3 Å². The molecule has 6 nitrogen and oxygen atoms in total. The molecule has 3 aromatic heterocycles. The smallest absolute Gasteiger partial charge is 0.227 e. The Hall–Kier alpha value is -2.54. The van der Waals surface area contributed by atoms with Gasteiger partial charge < -0.3 is 10.1 Å². The largest absolute Gasteiger partial charge is 0.481 e. The van der Waals surface area contributed by atoms with Crippen molar-refractivity contribution in [3.63, 3.8) is 0 Å². The third kappa shape index (κ3) is 2.72. The third-order valence-corrected chi connectivity index (χ3v) is 3.30. The number of rotatable bonds is 4. The molecule has 0 saturated heterocycles. The van der Waals surface area contributed by atoms with Gasteiger partial charge in [0.1, 0.15) is 10.7 Å². The van der Waals surface area contributed by atoms with Crippen LogP contribution in [0.5, 0.6) is 5.88 Å². The Labute approximate surface area is 119 Å². The minimum absolute atomic E-state index is 0.504. The highest BCUT2D eigenvalue weighted by Gasteiger charge is 2.05. The fraction of sp³-hybridized carbons (Fsp3) is 0.0769. The lowest BCUT2D eigenvalue weighted by Crippen LogP contribution is -1.98.